The van der Waals surface area contributed by atoms with Crippen LogP contribution >= 0.6 is 11.6 Å². The van der Waals surface area contributed by atoms with Crippen LogP contribution in [-0.4, -0.2) is 6.04 Å². The van der Waals surface area contributed by atoms with Crippen LogP contribution in [-0.2, 0) is 0 Å². The minimum Gasteiger partial charge on any atom is -0.399 e. The smallest absolute Gasteiger partial charge is 0.0658 e. The van der Waals surface area contributed by atoms with Crippen molar-refractivity contribution in [3.8, 4) is 0 Å². The summed E-state index contributed by atoms with van der Waals surface area (Å²) in [5.74, 6) is 0. The zero-order valence-electron chi connectivity index (χ0n) is 9.51. The molecule has 1 saturated carbocycles. The second-order valence-corrected chi connectivity index (χ2v) is 4.98. The Morgan fingerprint density at radius 2 is 1.81 bits per heavy atom. The zero-order chi connectivity index (χ0) is 11.4. The minimum absolute atomic E-state index is 0.573. The second kappa shape index (κ2) is 5.44. The fourth-order valence-corrected chi connectivity index (χ4v) is 2.54. The lowest BCUT2D eigenvalue weighted by molar-refractivity contribution is 0.620. The molecule has 0 saturated heterocycles. The molecule has 3 heteroatoms. The van der Waals surface area contributed by atoms with Gasteiger partial charge in [-0.25, -0.2) is 0 Å². The van der Waals surface area contributed by atoms with Crippen LogP contribution < -0.4 is 11.1 Å². The molecule has 0 aliphatic heterocycles. The van der Waals surface area contributed by atoms with Crippen LogP contribution in [0.3, 0.4) is 0 Å². The third-order valence-electron chi connectivity index (χ3n) is 3.21. The van der Waals surface area contributed by atoms with E-state index in [0.29, 0.717) is 6.04 Å². The molecule has 3 N–H and O–H groups in total. The van der Waals surface area contributed by atoms with Crippen molar-refractivity contribution in [2.75, 3.05) is 11.1 Å². The number of nitrogens with one attached hydrogen (secondary N) is 1. The van der Waals surface area contributed by atoms with Gasteiger partial charge in [-0.1, -0.05) is 37.3 Å². The van der Waals surface area contributed by atoms with E-state index in [-0.39, 0.29) is 0 Å². The molecule has 16 heavy (non-hydrogen) atoms. The zero-order valence-corrected chi connectivity index (χ0v) is 10.3. The summed E-state index contributed by atoms with van der Waals surface area (Å²) in [7, 11) is 0. The Morgan fingerprint density at radius 3 is 2.44 bits per heavy atom. The van der Waals surface area contributed by atoms with Crippen LogP contribution in [0.15, 0.2) is 18.2 Å². The number of nitrogens with two attached hydrogens (primary N) is 1. The fourth-order valence-electron chi connectivity index (χ4n) is 2.29. The maximum Gasteiger partial charge on any atom is 0.0658 e. The first-order valence-electron chi connectivity index (χ1n) is 6.07. The fraction of sp³-hybridized carbons (Fsp3) is 0.538. The number of nitrogen functional groups attached to an aromatic ring is 1. The highest BCUT2D eigenvalue weighted by molar-refractivity contribution is 6.33. The van der Waals surface area contributed by atoms with Crippen molar-refractivity contribution in [2.24, 2.45) is 0 Å². The van der Waals surface area contributed by atoms with Crippen LogP contribution in [0.4, 0.5) is 11.4 Å². The highest BCUT2D eigenvalue weighted by Gasteiger charge is 2.12. The first kappa shape index (κ1) is 11.6. The Bertz CT molecular complexity index is 344. The van der Waals surface area contributed by atoms with E-state index >= 15 is 0 Å². The summed E-state index contributed by atoms with van der Waals surface area (Å²) in [6, 6.07) is 6.25. The Balaban J connectivity index is 2.01. The van der Waals surface area contributed by atoms with Crippen LogP contribution in [0.25, 0.3) is 0 Å². The molecule has 1 aromatic carbocycles. The van der Waals surface area contributed by atoms with Gasteiger partial charge >= 0.3 is 0 Å². The van der Waals surface area contributed by atoms with Gasteiger partial charge in [0.15, 0.2) is 0 Å². The molecule has 0 unspecified atom stereocenters. The molecule has 2 nitrogen and oxygen atoms in total. The van der Waals surface area contributed by atoms with Crippen LogP contribution in [0.1, 0.15) is 38.5 Å². The molecular weight excluding hydrogens is 220 g/mol. The normalized spacial score (nSPS) is 18.1. The van der Waals surface area contributed by atoms with Gasteiger partial charge in [0.2, 0.25) is 0 Å². The number of anilines is 2. The van der Waals surface area contributed by atoms with Crippen molar-refractivity contribution in [1.29, 1.82) is 0 Å². The largest absolute Gasteiger partial charge is 0.399 e. The third-order valence-corrected chi connectivity index (χ3v) is 3.52. The average Bonchev–Trinajstić information content (AvgIpc) is 2.51. The molecule has 2 rings (SSSR count). The Hall–Kier alpha value is -0.890. The first-order valence-corrected chi connectivity index (χ1v) is 6.45. The molecular formula is C13H19ClN2. The summed E-state index contributed by atoms with van der Waals surface area (Å²) in [5, 5.41) is 4.25. The van der Waals surface area contributed by atoms with Crippen molar-refractivity contribution in [3.63, 3.8) is 0 Å². The van der Waals surface area contributed by atoms with Gasteiger partial charge in [-0.2, -0.15) is 0 Å². The lowest BCUT2D eigenvalue weighted by Crippen LogP contribution is -2.18. The number of rotatable bonds is 2. The summed E-state index contributed by atoms with van der Waals surface area (Å²) in [6.45, 7) is 0. The van der Waals surface area contributed by atoms with Crippen molar-refractivity contribution in [1.82, 2.24) is 0 Å². The van der Waals surface area contributed by atoms with Gasteiger partial charge in [-0.15, -0.1) is 0 Å². The van der Waals surface area contributed by atoms with Crippen LogP contribution in [0.5, 0.6) is 0 Å². The lowest BCUT2D eigenvalue weighted by atomic mass is 10.1. The molecule has 0 radical (unpaired) electrons. The van der Waals surface area contributed by atoms with Crippen LogP contribution in [0.2, 0.25) is 5.02 Å². The van der Waals surface area contributed by atoms with E-state index in [0.717, 1.165) is 16.4 Å². The van der Waals surface area contributed by atoms with Crippen LogP contribution in [0, 0.1) is 0 Å². The van der Waals surface area contributed by atoms with Gasteiger partial charge in [0, 0.05) is 11.7 Å². The number of halogens is 1. The predicted octanol–water partition coefficient (Wildman–Crippen LogP) is 4.06. The quantitative estimate of drug-likeness (QED) is 0.603. The average molecular weight is 239 g/mol. The summed E-state index contributed by atoms with van der Waals surface area (Å²) in [5.41, 5.74) is 7.41. The Morgan fingerprint density at radius 1 is 1.12 bits per heavy atom. The second-order valence-electron chi connectivity index (χ2n) is 4.57. The molecule has 0 aromatic heterocycles. The van der Waals surface area contributed by atoms with E-state index in [4.69, 9.17) is 17.3 Å². The van der Waals surface area contributed by atoms with Crippen molar-refractivity contribution in [2.45, 2.75) is 44.6 Å². The van der Waals surface area contributed by atoms with Gasteiger partial charge in [0.25, 0.3) is 0 Å². The Labute approximate surface area is 102 Å². The van der Waals surface area contributed by atoms with E-state index in [1.807, 2.05) is 12.1 Å². The molecule has 1 fully saturated rings. The SMILES string of the molecule is Nc1ccc(NC2CCCCCC2)c(Cl)c1. The summed E-state index contributed by atoms with van der Waals surface area (Å²) in [4.78, 5) is 0. The van der Waals surface area contributed by atoms with Crippen molar-refractivity contribution in [3.05, 3.63) is 23.2 Å². The molecule has 0 heterocycles. The maximum atomic E-state index is 6.15. The van der Waals surface area contributed by atoms with Crippen molar-refractivity contribution >= 4 is 23.0 Å². The van der Waals surface area contributed by atoms with E-state index in [1.165, 1.54) is 38.5 Å². The topological polar surface area (TPSA) is 38.0 Å². The molecule has 0 atom stereocenters. The van der Waals surface area contributed by atoms with E-state index in [1.54, 1.807) is 6.07 Å². The summed E-state index contributed by atoms with van der Waals surface area (Å²) < 4.78 is 0. The molecule has 1 aliphatic carbocycles. The molecule has 1 aromatic rings. The van der Waals surface area contributed by atoms with Gasteiger partial charge in [0.05, 0.1) is 10.7 Å². The maximum absolute atomic E-state index is 6.15. The van der Waals surface area contributed by atoms with Crippen molar-refractivity contribution < 1.29 is 0 Å². The highest BCUT2D eigenvalue weighted by atomic mass is 35.5. The third kappa shape index (κ3) is 3.05. The molecule has 1 aliphatic rings. The highest BCUT2D eigenvalue weighted by Crippen LogP contribution is 2.27. The number of benzene rings is 1. The van der Waals surface area contributed by atoms with E-state index in [2.05, 4.69) is 5.32 Å². The van der Waals surface area contributed by atoms with Gasteiger partial charge in [-0.05, 0) is 31.0 Å². The number of hydrogen-bond acceptors (Lipinski definition) is 2. The molecule has 0 amide bonds. The standard InChI is InChI=1S/C13H19ClN2/c14-12-9-10(15)7-8-13(12)16-11-5-3-1-2-4-6-11/h7-9,11,16H,1-6,15H2. The Kier molecular flexibility index (Phi) is 3.94. The van der Waals surface area contributed by atoms with Gasteiger partial charge in [0.1, 0.15) is 0 Å². The van der Waals surface area contributed by atoms with Gasteiger partial charge < -0.3 is 11.1 Å². The van der Waals surface area contributed by atoms with E-state index in [9.17, 15) is 0 Å². The van der Waals surface area contributed by atoms with Gasteiger partial charge in [-0.3, -0.25) is 0 Å². The molecule has 0 bridgehead atoms. The van der Waals surface area contributed by atoms with E-state index < -0.39 is 0 Å². The molecule has 88 valence electrons. The predicted molar refractivity (Wildman–Crippen MR) is 71.0 cm³/mol. The summed E-state index contributed by atoms with van der Waals surface area (Å²) in [6.07, 6.45) is 7.89. The monoisotopic (exact) mass is 238 g/mol. The minimum atomic E-state index is 0.573. The molecule has 0 spiro atoms. The summed E-state index contributed by atoms with van der Waals surface area (Å²) >= 11 is 6.15. The first-order chi connectivity index (χ1) is 7.75. The lowest BCUT2D eigenvalue weighted by Gasteiger charge is -2.18. The number of hydrogen-bond donors (Lipinski definition) is 2.